The van der Waals surface area contributed by atoms with Crippen LogP contribution in [0.25, 0.3) is 0 Å². The maximum absolute atomic E-state index is 14.4. The quantitative estimate of drug-likeness (QED) is 0.336. The number of amides is 1. The predicted molar refractivity (Wildman–Crippen MR) is 157 cm³/mol. The summed E-state index contributed by atoms with van der Waals surface area (Å²) in [4.78, 5) is 13.1. The molecule has 3 aliphatic rings. The fourth-order valence-electron chi connectivity index (χ4n) is 5.78. The van der Waals surface area contributed by atoms with E-state index in [-0.39, 0.29) is 36.2 Å². The van der Waals surface area contributed by atoms with E-state index in [0.29, 0.717) is 30.1 Å². The maximum Gasteiger partial charge on any atom is 0.408 e. The number of benzene rings is 2. The number of sulfonamides is 1. The van der Waals surface area contributed by atoms with Gasteiger partial charge < -0.3 is 34.1 Å². The van der Waals surface area contributed by atoms with Gasteiger partial charge in [-0.25, -0.2) is 13.2 Å². The lowest BCUT2D eigenvalue weighted by Crippen LogP contribution is -2.56. The minimum absolute atomic E-state index is 0.0287. The SMILES string of the molecule is CC(C)Oc1ccc(S(=O)(=O)N(Cc2ccccc2)[C@H](NC(=O)O[C@H]2CO[C@H]3OCC[C@H]32)[C@@H](C)O)cc1OC1CCCC1. The second-order valence-corrected chi connectivity index (χ2v) is 13.5. The Bertz CT molecular complexity index is 1330. The normalized spacial score (nSPS) is 23.7. The highest BCUT2D eigenvalue weighted by molar-refractivity contribution is 7.89. The Morgan fingerprint density at radius 3 is 2.49 bits per heavy atom. The van der Waals surface area contributed by atoms with Crippen LogP contribution in [0.4, 0.5) is 4.79 Å². The molecule has 0 bridgehead atoms. The minimum atomic E-state index is -4.31. The number of alkyl carbamates (subject to hydrolysis) is 1. The standard InChI is InChI=1S/C31H42N2O9S/c1-20(2)40-26-14-13-24(17-27(26)41-23-11-7-8-12-23)43(36,37)33(18-22-9-5-4-6-10-22)29(21(3)34)32-31(35)42-28-19-39-30-25(28)15-16-38-30/h4-6,9-10,13-14,17,20-21,23,25,28-30,34H,7-8,11-12,15-16,18-19H2,1-3H3,(H,32,35)/t21-,25+,28+,29+,30-/m1/s1. The summed E-state index contributed by atoms with van der Waals surface area (Å²) in [6, 6.07) is 13.5. The Labute approximate surface area is 253 Å². The summed E-state index contributed by atoms with van der Waals surface area (Å²) < 4.78 is 58.7. The number of hydrogen-bond donors (Lipinski definition) is 2. The largest absolute Gasteiger partial charge is 0.487 e. The Morgan fingerprint density at radius 1 is 1.05 bits per heavy atom. The van der Waals surface area contributed by atoms with Crippen LogP contribution in [-0.2, 0) is 30.8 Å². The molecule has 5 rings (SSSR count). The van der Waals surface area contributed by atoms with Gasteiger partial charge in [0.25, 0.3) is 0 Å². The van der Waals surface area contributed by atoms with Crippen LogP contribution in [0.3, 0.4) is 0 Å². The number of rotatable bonds is 12. The average molecular weight is 619 g/mol. The Hall–Kier alpha value is -2.90. The van der Waals surface area contributed by atoms with Crippen LogP contribution in [0.15, 0.2) is 53.4 Å². The molecule has 2 saturated heterocycles. The van der Waals surface area contributed by atoms with Gasteiger partial charge in [-0.2, -0.15) is 4.31 Å². The number of carbonyl (C=O) groups is 1. The van der Waals surface area contributed by atoms with Crippen molar-refractivity contribution < 1.29 is 42.0 Å². The van der Waals surface area contributed by atoms with Crippen molar-refractivity contribution in [2.45, 2.75) is 101 Å². The molecule has 2 heterocycles. The molecule has 1 aliphatic carbocycles. The molecule has 2 aromatic rings. The summed E-state index contributed by atoms with van der Waals surface area (Å²) in [5.41, 5.74) is 0.671. The highest BCUT2D eigenvalue weighted by Crippen LogP contribution is 2.36. The van der Waals surface area contributed by atoms with Crippen molar-refractivity contribution in [3.63, 3.8) is 0 Å². The smallest absolute Gasteiger partial charge is 0.408 e. The van der Waals surface area contributed by atoms with Crippen LogP contribution in [0, 0.1) is 5.92 Å². The number of nitrogens with zero attached hydrogens (tertiary/aromatic N) is 1. The van der Waals surface area contributed by atoms with Crippen molar-refractivity contribution in [1.82, 2.24) is 9.62 Å². The third kappa shape index (κ3) is 7.61. The number of hydrogen-bond acceptors (Lipinski definition) is 9. The molecular weight excluding hydrogens is 576 g/mol. The fourth-order valence-corrected chi connectivity index (χ4v) is 7.40. The van der Waals surface area contributed by atoms with Crippen molar-refractivity contribution in [2.24, 2.45) is 5.92 Å². The highest BCUT2D eigenvalue weighted by Gasteiger charge is 2.44. The average Bonchev–Trinajstić information content (AvgIpc) is 3.73. The molecule has 0 radical (unpaired) electrons. The van der Waals surface area contributed by atoms with Crippen molar-refractivity contribution in [1.29, 1.82) is 0 Å². The molecule has 2 N–H and O–H groups in total. The van der Waals surface area contributed by atoms with Gasteiger partial charge >= 0.3 is 6.09 Å². The molecule has 0 unspecified atom stereocenters. The Kier molecular flexibility index (Phi) is 10.1. The van der Waals surface area contributed by atoms with E-state index in [1.54, 1.807) is 30.3 Å². The lowest BCUT2D eigenvalue weighted by atomic mass is 10.0. The van der Waals surface area contributed by atoms with E-state index in [0.717, 1.165) is 30.0 Å². The van der Waals surface area contributed by atoms with Crippen molar-refractivity contribution in [2.75, 3.05) is 13.2 Å². The molecule has 2 aliphatic heterocycles. The lowest BCUT2D eigenvalue weighted by molar-refractivity contribution is -0.0907. The van der Waals surface area contributed by atoms with Crippen LogP contribution in [-0.4, -0.2) is 74.0 Å². The van der Waals surface area contributed by atoms with Crippen LogP contribution < -0.4 is 14.8 Å². The number of aliphatic hydroxyl groups excluding tert-OH is 1. The summed E-state index contributed by atoms with van der Waals surface area (Å²) in [7, 11) is -4.31. The second-order valence-electron chi connectivity index (χ2n) is 11.6. The third-order valence-electron chi connectivity index (χ3n) is 7.94. The molecule has 0 spiro atoms. The van der Waals surface area contributed by atoms with E-state index in [4.69, 9.17) is 23.7 Å². The molecule has 0 aromatic heterocycles. The summed E-state index contributed by atoms with van der Waals surface area (Å²) in [5, 5.41) is 13.5. The van der Waals surface area contributed by atoms with Gasteiger partial charge in [0.2, 0.25) is 10.0 Å². The van der Waals surface area contributed by atoms with Crippen LogP contribution >= 0.6 is 0 Å². The van der Waals surface area contributed by atoms with Crippen molar-refractivity contribution in [3.8, 4) is 11.5 Å². The molecule has 43 heavy (non-hydrogen) atoms. The number of ether oxygens (including phenoxy) is 5. The van der Waals surface area contributed by atoms with Gasteiger partial charge in [-0.3, -0.25) is 0 Å². The Balaban J connectivity index is 1.44. The minimum Gasteiger partial charge on any atom is -0.487 e. The first-order chi connectivity index (χ1) is 20.6. The predicted octanol–water partition coefficient (Wildman–Crippen LogP) is 4.18. The molecule has 5 atom stereocenters. The summed E-state index contributed by atoms with van der Waals surface area (Å²) in [5.74, 6) is 0.707. The van der Waals surface area contributed by atoms with E-state index in [1.807, 2.05) is 19.9 Å². The first-order valence-electron chi connectivity index (χ1n) is 15.0. The monoisotopic (exact) mass is 618 g/mol. The van der Waals surface area contributed by atoms with Crippen LogP contribution in [0.2, 0.25) is 0 Å². The van der Waals surface area contributed by atoms with Crippen molar-refractivity contribution in [3.05, 3.63) is 54.1 Å². The summed E-state index contributed by atoms with van der Waals surface area (Å²) in [6.45, 7) is 5.79. The summed E-state index contributed by atoms with van der Waals surface area (Å²) in [6.07, 6.45) is -0.0537. The van der Waals surface area contributed by atoms with Crippen molar-refractivity contribution >= 4 is 16.1 Å². The van der Waals surface area contributed by atoms with Gasteiger partial charge in [0, 0.05) is 12.6 Å². The topological polar surface area (TPSA) is 133 Å². The lowest BCUT2D eigenvalue weighted by Gasteiger charge is -2.33. The van der Waals surface area contributed by atoms with Crippen LogP contribution in [0.5, 0.6) is 11.5 Å². The zero-order valence-corrected chi connectivity index (χ0v) is 25.7. The third-order valence-corrected chi connectivity index (χ3v) is 9.76. The van der Waals surface area contributed by atoms with Crippen LogP contribution in [0.1, 0.15) is 58.4 Å². The number of carbonyl (C=O) groups excluding carboxylic acids is 1. The molecule has 2 aromatic carbocycles. The van der Waals surface area contributed by atoms with Gasteiger partial charge in [-0.05, 0) is 70.6 Å². The number of fused-ring (bicyclic) bond motifs is 1. The van der Waals surface area contributed by atoms with Gasteiger partial charge in [0.1, 0.15) is 12.3 Å². The fraction of sp³-hybridized carbons (Fsp3) is 0.581. The molecule has 236 valence electrons. The van der Waals surface area contributed by atoms with Gasteiger partial charge in [-0.15, -0.1) is 0 Å². The van der Waals surface area contributed by atoms with E-state index >= 15 is 0 Å². The molecule has 1 amide bonds. The zero-order valence-electron chi connectivity index (χ0n) is 24.9. The molecule has 11 nitrogen and oxygen atoms in total. The molecule has 1 saturated carbocycles. The van der Waals surface area contributed by atoms with Gasteiger partial charge in [-0.1, -0.05) is 30.3 Å². The number of aliphatic hydroxyl groups is 1. The Morgan fingerprint density at radius 2 is 1.79 bits per heavy atom. The zero-order chi connectivity index (χ0) is 30.6. The van der Waals surface area contributed by atoms with E-state index < -0.39 is 40.8 Å². The maximum atomic E-state index is 14.4. The van der Waals surface area contributed by atoms with E-state index in [9.17, 15) is 18.3 Å². The van der Waals surface area contributed by atoms with Gasteiger partial charge in [0.05, 0.1) is 42.3 Å². The highest BCUT2D eigenvalue weighted by atomic mass is 32.2. The molecular formula is C31H42N2O9S. The number of nitrogens with one attached hydrogen (secondary N) is 1. The summed E-state index contributed by atoms with van der Waals surface area (Å²) >= 11 is 0. The van der Waals surface area contributed by atoms with Gasteiger partial charge in [0.15, 0.2) is 17.8 Å². The first-order valence-corrected chi connectivity index (χ1v) is 16.5. The van der Waals surface area contributed by atoms with E-state index in [1.165, 1.54) is 19.1 Å². The van der Waals surface area contributed by atoms with E-state index in [2.05, 4.69) is 5.32 Å². The molecule has 3 fully saturated rings. The second kappa shape index (κ2) is 13.8. The first kappa shape index (κ1) is 31.5. The molecule has 12 heteroatoms.